The standard InChI is InChI=1S/C20H19Cl2N5S/c1-13(2)10-27-19(16-7-6-14(21)9-17(16)22)24-25-20(27)28-12-15-11-26-8-4-3-5-18(26)23-15/h3-9,11,13H,10,12H2,1-2H3. The number of thioether (sulfide) groups is 1. The van der Waals surface area contributed by atoms with Gasteiger partial charge in [-0.25, -0.2) is 4.98 Å². The molecule has 0 N–H and O–H groups in total. The minimum absolute atomic E-state index is 0.440. The van der Waals surface area contributed by atoms with Crippen LogP contribution in [0, 0.1) is 5.92 Å². The average Bonchev–Trinajstić information content (AvgIpc) is 3.23. The minimum atomic E-state index is 0.440. The molecule has 3 aromatic heterocycles. The van der Waals surface area contributed by atoms with Gasteiger partial charge < -0.3 is 8.97 Å². The topological polar surface area (TPSA) is 48.0 Å². The van der Waals surface area contributed by atoms with Crippen molar-refractivity contribution in [3.05, 3.63) is 64.5 Å². The molecule has 144 valence electrons. The molecule has 0 saturated heterocycles. The van der Waals surface area contributed by atoms with E-state index in [1.54, 1.807) is 17.8 Å². The molecular weight excluding hydrogens is 413 g/mol. The molecule has 4 rings (SSSR count). The van der Waals surface area contributed by atoms with E-state index in [-0.39, 0.29) is 0 Å². The first kappa shape index (κ1) is 19.3. The fourth-order valence-corrected chi connectivity index (χ4v) is 4.31. The van der Waals surface area contributed by atoms with Crippen LogP contribution < -0.4 is 0 Å². The molecule has 28 heavy (non-hydrogen) atoms. The van der Waals surface area contributed by atoms with E-state index in [0.717, 1.165) is 34.4 Å². The first-order chi connectivity index (χ1) is 13.5. The Morgan fingerprint density at radius 3 is 2.71 bits per heavy atom. The van der Waals surface area contributed by atoms with Gasteiger partial charge in [-0.2, -0.15) is 0 Å². The number of halogens is 2. The van der Waals surface area contributed by atoms with Gasteiger partial charge in [0.15, 0.2) is 11.0 Å². The maximum atomic E-state index is 6.41. The van der Waals surface area contributed by atoms with Crippen molar-refractivity contribution in [3.8, 4) is 11.4 Å². The molecule has 0 fully saturated rings. The third-order valence-electron chi connectivity index (χ3n) is 4.20. The van der Waals surface area contributed by atoms with Crippen LogP contribution >= 0.6 is 35.0 Å². The Morgan fingerprint density at radius 2 is 1.96 bits per heavy atom. The molecule has 4 aromatic rings. The Morgan fingerprint density at radius 1 is 1.11 bits per heavy atom. The van der Waals surface area contributed by atoms with Gasteiger partial charge in [0.05, 0.1) is 10.7 Å². The van der Waals surface area contributed by atoms with Gasteiger partial charge in [0, 0.05) is 35.3 Å². The Labute approximate surface area is 177 Å². The fourth-order valence-electron chi connectivity index (χ4n) is 2.99. The molecular formula is C20H19Cl2N5S. The van der Waals surface area contributed by atoms with E-state index in [9.17, 15) is 0 Å². The number of nitrogens with zero attached hydrogens (tertiary/aromatic N) is 5. The summed E-state index contributed by atoms with van der Waals surface area (Å²) in [5, 5.41) is 10.9. The van der Waals surface area contributed by atoms with Crippen LogP contribution in [-0.4, -0.2) is 24.1 Å². The largest absolute Gasteiger partial charge is 0.307 e. The molecule has 0 radical (unpaired) electrons. The monoisotopic (exact) mass is 431 g/mol. The predicted molar refractivity (Wildman–Crippen MR) is 115 cm³/mol. The van der Waals surface area contributed by atoms with Crippen molar-refractivity contribution in [3.63, 3.8) is 0 Å². The van der Waals surface area contributed by atoms with E-state index in [4.69, 9.17) is 23.2 Å². The molecule has 0 atom stereocenters. The lowest BCUT2D eigenvalue weighted by Gasteiger charge is -2.13. The van der Waals surface area contributed by atoms with Gasteiger partial charge in [0.25, 0.3) is 0 Å². The van der Waals surface area contributed by atoms with Crippen LogP contribution in [0.15, 0.2) is 53.9 Å². The van der Waals surface area contributed by atoms with Crippen LogP contribution in [0.2, 0.25) is 10.0 Å². The fraction of sp³-hybridized carbons (Fsp3) is 0.250. The summed E-state index contributed by atoms with van der Waals surface area (Å²) in [5.74, 6) is 1.91. The van der Waals surface area contributed by atoms with Gasteiger partial charge in [-0.15, -0.1) is 10.2 Å². The summed E-state index contributed by atoms with van der Waals surface area (Å²) in [6, 6.07) is 11.4. The average molecular weight is 432 g/mol. The second-order valence-corrected chi connectivity index (χ2v) is 8.71. The highest BCUT2D eigenvalue weighted by molar-refractivity contribution is 7.98. The van der Waals surface area contributed by atoms with Gasteiger partial charge in [-0.05, 0) is 36.2 Å². The minimum Gasteiger partial charge on any atom is -0.307 e. The summed E-state index contributed by atoms with van der Waals surface area (Å²) in [6.45, 7) is 5.14. The Hall–Kier alpha value is -2.02. The maximum absolute atomic E-state index is 6.41. The first-order valence-corrected chi connectivity index (χ1v) is 10.7. The number of hydrogen-bond donors (Lipinski definition) is 0. The number of rotatable bonds is 6. The molecule has 0 amide bonds. The third-order valence-corrected chi connectivity index (χ3v) is 5.75. The van der Waals surface area contributed by atoms with Crippen LogP contribution in [0.1, 0.15) is 19.5 Å². The smallest absolute Gasteiger partial charge is 0.191 e. The van der Waals surface area contributed by atoms with Gasteiger partial charge in [-0.1, -0.05) is 54.9 Å². The number of pyridine rings is 1. The van der Waals surface area contributed by atoms with Gasteiger partial charge in [0.2, 0.25) is 0 Å². The molecule has 0 aliphatic carbocycles. The summed E-state index contributed by atoms with van der Waals surface area (Å²) in [4.78, 5) is 4.66. The van der Waals surface area contributed by atoms with Crippen molar-refractivity contribution < 1.29 is 0 Å². The highest BCUT2D eigenvalue weighted by atomic mass is 35.5. The molecule has 0 aliphatic heterocycles. The molecule has 0 aliphatic rings. The van der Waals surface area contributed by atoms with Crippen LogP contribution in [0.4, 0.5) is 0 Å². The van der Waals surface area contributed by atoms with E-state index < -0.39 is 0 Å². The Bertz CT molecular complexity index is 1090. The van der Waals surface area contributed by atoms with Crippen molar-refractivity contribution in [1.82, 2.24) is 24.1 Å². The molecule has 0 unspecified atom stereocenters. The van der Waals surface area contributed by atoms with Crippen LogP contribution in [-0.2, 0) is 12.3 Å². The van der Waals surface area contributed by atoms with Gasteiger partial charge in [-0.3, -0.25) is 0 Å². The number of aromatic nitrogens is 5. The van der Waals surface area contributed by atoms with Crippen molar-refractivity contribution in [2.75, 3.05) is 0 Å². The van der Waals surface area contributed by atoms with Crippen LogP contribution in [0.3, 0.4) is 0 Å². The SMILES string of the molecule is CC(C)Cn1c(SCc2cn3ccccc3n2)nnc1-c1ccc(Cl)cc1Cl. The number of imidazole rings is 1. The quantitative estimate of drug-likeness (QED) is 0.359. The van der Waals surface area contributed by atoms with E-state index in [2.05, 4.69) is 33.6 Å². The lowest BCUT2D eigenvalue weighted by molar-refractivity contribution is 0.498. The van der Waals surface area contributed by atoms with E-state index in [1.807, 2.05) is 47.1 Å². The summed E-state index contributed by atoms with van der Waals surface area (Å²) in [6.07, 6.45) is 4.04. The number of hydrogen-bond acceptors (Lipinski definition) is 4. The molecule has 0 bridgehead atoms. The Balaban J connectivity index is 1.63. The molecule has 0 spiro atoms. The lowest BCUT2D eigenvalue weighted by atomic mass is 10.2. The zero-order valence-electron chi connectivity index (χ0n) is 15.5. The van der Waals surface area contributed by atoms with Crippen molar-refractivity contribution >= 4 is 40.6 Å². The zero-order valence-corrected chi connectivity index (χ0v) is 17.8. The second-order valence-electron chi connectivity index (χ2n) is 6.92. The van der Waals surface area contributed by atoms with Gasteiger partial charge >= 0.3 is 0 Å². The second kappa shape index (κ2) is 8.15. The van der Waals surface area contributed by atoms with E-state index >= 15 is 0 Å². The number of benzene rings is 1. The molecule has 1 aromatic carbocycles. The predicted octanol–water partition coefficient (Wildman–Crippen LogP) is 5.85. The first-order valence-electron chi connectivity index (χ1n) is 8.95. The molecule has 8 heteroatoms. The zero-order chi connectivity index (χ0) is 19.7. The van der Waals surface area contributed by atoms with Crippen LogP contribution in [0.25, 0.3) is 17.0 Å². The third kappa shape index (κ3) is 4.04. The summed E-state index contributed by atoms with van der Waals surface area (Å²) < 4.78 is 4.15. The van der Waals surface area contributed by atoms with E-state index in [1.165, 1.54) is 0 Å². The molecule has 0 saturated carbocycles. The van der Waals surface area contributed by atoms with Gasteiger partial charge in [0.1, 0.15) is 5.65 Å². The van der Waals surface area contributed by atoms with Crippen molar-refractivity contribution in [1.29, 1.82) is 0 Å². The lowest BCUT2D eigenvalue weighted by Crippen LogP contribution is -2.08. The number of fused-ring (bicyclic) bond motifs is 1. The summed E-state index contributed by atoms with van der Waals surface area (Å²) in [7, 11) is 0. The Kier molecular flexibility index (Phi) is 5.62. The highest BCUT2D eigenvalue weighted by Gasteiger charge is 2.18. The van der Waals surface area contributed by atoms with E-state index in [0.29, 0.717) is 21.7 Å². The molecule has 3 heterocycles. The maximum Gasteiger partial charge on any atom is 0.191 e. The summed E-state index contributed by atoms with van der Waals surface area (Å²) in [5.41, 5.74) is 2.77. The van der Waals surface area contributed by atoms with Crippen molar-refractivity contribution in [2.45, 2.75) is 31.3 Å². The highest BCUT2D eigenvalue weighted by Crippen LogP contribution is 2.32. The summed E-state index contributed by atoms with van der Waals surface area (Å²) >= 11 is 14.1. The normalized spacial score (nSPS) is 11.6. The van der Waals surface area contributed by atoms with Crippen molar-refractivity contribution in [2.24, 2.45) is 5.92 Å². The molecule has 5 nitrogen and oxygen atoms in total. The van der Waals surface area contributed by atoms with Crippen LogP contribution in [0.5, 0.6) is 0 Å².